The fourth-order valence-electron chi connectivity index (χ4n) is 5.23. The second kappa shape index (κ2) is 9.70. The van der Waals surface area contributed by atoms with E-state index in [0.29, 0.717) is 18.8 Å². The van der Waals surface area contributed by atoms with Crippen molar-refractivity contribution >= 4 is 17.6 Å². The zero-order chi connectivity index (χ0) is 27.3. The van der Waals surface area contributed by atoms with Gasteiger partial charge in [0.2, 0.25) is 5.82 Å². The highest BCUT2D eigenvalue weighted by Gasteiger charge is 2.51. The number of benzene rings is 1. The number of ether oxygens (including phenoxy) is 3. The molecule has 4 unspecified atom stereocenters. The topological polar surface area (TPSA) is 117 Å². The van der Waals surface area contributed by atoms with E-state index in [9.17, 15) is 9.18 Å². The van der Waals surface area contributed by atoms with Crippen LogP contribution in [0, 0.1) is 23.5 Å². The first-order chi connectivity index (χ1) is 18.7. The molecule has 11 nitrogen and oxygen atoms in total. The lowest BCUT2D eigenvalue weighted by Crippen LogP contribution is -2.63. The van der Waals surface area contributed by atoms with Crippen LogP contribution >= 0.6 is 0 Å². The highest BCUT2D eigenvalue weighted by atomic mass is 19.1. The smallest absolute Gasteiger partial charge is 0.410 e. The van der Waals surface area contributed by atoms with E-state index < -0.39 is 17.7 Å². The van der Waals surface area contributed by atoms with Crippen LogP contribution in [-0.4, -0.2) is 73.0 Å². The molecule has 206 valence electrons. The van der Waals surface area contributed by atoms with E-state index in [1.165, 1.54) is 23.0 Å². The van der Waals surface area contributed by atoms with Crippen LogP contribution < -0.4 is 10.1 Å². The van der Waals surface area contributed by atoms with Gasteiger partial charge in [0.05, 0.1) is 36.0 Å². The number of halogens is 2. The summed E-state index contributed by atoms with van der Waals surface area (Å²) in [6, 6.07) is 4.32. The Labute approximate surface area is 223 Å². The Morgan fingerprint density at radius 2 is 1.90 bits per heavy atom. The number of carbonyl (C=O) groups excluding carboxylic acids is 1. The highest BCUT2D eigenvalue weighted by Crippen LogP contribution is 2.42. The summed E-state index contributed by atoms with van der Waals surface area (Å²) >= 11 is 0. The van der Waals surface area contributed by atoms with Gasteiger partial charge in [0, 0.05) is 31.0 Å². The molecule has 3 aromatic rings. The van der Waals surface area contributed by atoms with Crippen molar-refractivity contribution in [1.82, 2.24) is 29.9 Å². The van der Waals surface area contributed by atoms with Crippen LogP contribution in [0.5, 0.6) is 5.88 Å². The number of nitrogens with one attached hydrogen (secondary N) is 1. The summed E-state index contributed by atoms with van der Waals surface area (Å²) in [6.45, 7) is 6.46. The van der Waals surface area contributed by atoms with Crippen molar-refractivity contribution in [2.24, 2.45) is 11.8 Å². The van der Waals surface area contributed by atoms with Crippen LogP contribution in [0.1, 0.15) is 33.6 Å². The first-order valence-electron chi connectivity index (χ1n) is 12.9. The van der Waals surface area contributed by atoms with Crippen LogP contribution in [0.3, 0.4) is 0 Å². The first-order valence-corrected chi connectivity index (χ1v) is 12.9. The molecule has 3 fully saturated rings. The molecule has 1 aromatic carbocycles. The van der Waals surface area contributed by atoms with Gasteiger partial charge in [-0.3, -0.25) is 0 Å². The van der Waals surface area contributed by atoms with Crippen LogP contribution in [0.2, 0.25) is 0 Å². The van der Waals surface area contributed by atoms with Crippen molar-refractivity contribution in [2.45, 2.75) is 57.5 Å². The number of anilines is 2. The molecule has 1 saturated carbocycles. The largest absolute Gasteiger partial charge is 0.471 e. The Kier molecular flexibility index (Phi) is 6.32. The molecule has 0 spiro atoms. The molecular formula is C26H29F2N7O4. The van der Waals surface area contributed by atoms with Gasteiger partial charge in [-0.2, -0.15) is 9.37 Å². The molecule has 1 amide bonds. The zero-order valence-electron chi connectivity index (χ0n) is 21.8. The number of fused-ring (bicyclic) bond motifs is 2. The Morgan fingerprint density at radius 1 is 1.15 bits per heavy atom. The molecular weight excluding hydrogens is 512 g/mol. The summed E-state index contributed by atoms with van der Waals surface area (Å²) in [6.07, 6.45) is 4.65. The summed E-state index contributed by atoms with van der Waals surface area (Å²) in [5.41, 5.74) is 0.101. The Balaban J connectivity index is 1.20. The van der Waals surface area contributed by atoms with Gasteiger partial charge in [-0.1, -0.05) is 5.21 Å². The van der Waals surface area contributed by atoms with Gasteiger partial charge in [0.1, 0.15) is 23.8 Å². The van der Waals surface area contributed by atoms with E-state index in [1.54, 1.807) is 17.2 Å². The lowest BCUT2D eigenvalue weighted by atomic mass is 9.77. The third kappa shape index (κ3) is 4.98. The van der Waals surface area contributed by atoms with E-state index in [2.05, 4.69) is 25.6 Å². The van der Waals surface area contributed by atoms with Crippen molar-refractivity contribution in [3.05, 3.63) is 48.6 Å². The fraction of sp³-hybridized carbons (Fsp3) is 0.500. The van der Waals surface area contributed by atoms with Crippen LogP contribution in [0.4, 0.5) is 25.1 Å². The lowest BCUT2D eigenvalue weighted by Gasteiger charge is -2.51. The molecule has 4 atom stereocenters. The monoisotopic (exact) mass is 541 g/mol. The Hall–Kier alpha value is -3.87. The molecule has 0 radical (unpaired) electrons. The number of hydrogen-bond acceptors (Lipinski definition) is 9. The lowest BCUT2D eigenvalue weighted by molar-refractivity contribution is -0.181. The van der Waals surface area contributed by atoms with Crippen LogP contribution in [0.25, 0.3) is 5.69 Å². The van der Waals surface area contributed by atoms with Gasteiger partial charge < -0.3 is 24.4 Å². The molecule has 2 bridgehead atoms. The zero-order valence-corrected chi connectivity index (χ0v) is 21.8. The van der Waals surface area contributed by atoms with Gasteiger partial charge >= 0.3 is 6.09 Å². The SMILES string of the molecule is CC1OC(C)C2CN(C(=O)OC3(C)CC3)CC1C2Oc1ncnc(Nc2ccc(-n3ccnn3)cc2F)c1F. The number of piperidine rings is 1. The molecule has 4 heterocycles. The Bertz CT molecular complexity index is 1350. The third-order valence-electron chi connectivity index (χ3n) is 7.79. The van der Waals surface area contributed by atoms with Gasteiger partial charge in [0.25, 0.3) is 5.88 Å². The molecule has 1 N–H and O–H groups in total. The molecule has 1 aliphatic carbocycles. The summed E-state index contributed by atoms with van der Waals surface area (Å²) in [5, 5.41) is 10.2. The third-order valence-corrected chi connectivity index (χ3v) is 7.79. The minimum absolute atomic E-state index is 0.0195. The Morgan fingerprint density at radius 3 is 2.54 bits per heavy atom. The molecule has 13 heteroatoms. The van der Waals surface area contributed by atoms with Crippen molar-refractivity contribution in [2.75, 3.05) is 18.4 Å². The summed E-state index contributed by atoms with van der Waals surface area (Å²) in [7, 11) is 0. The maximum atomic E-state index is 15.5. The number of likely N-dealkylation sites (tertiary alicyclic amines) is 1. The van der Waals surface area contributed by atoms with E-state index in [1.807, 2.05) is 20.8 Å². The van der Waals surface area contributed by atoms with Gasteiger partial charge in [0.15, 0.2) is 5.82 Å². The van der Waals surface area contributed by atoms with Crippen LogP contribution in [0.15, 0.2) is 36.9 Å². The maximum Gasteiger partial charge on any atom is 0.410 e. The number of carbonyl (C=O) groups is 1. The summed E-state index contributed by atoms with van der Waals surface area (Å²) < 4.78 is 49.7. The van der Waals surface area contributed by atoms with E-state index in [-0.39, 0.29) is 53.1 Å². The van der Waals surface area contributed by atoms with Gasteiger partial charge in [-0.25, -0.2) is 18.9 Å². The number of rotatable bonds is 6. The standard InChI is InChI=1S/C26H29F2N7O4/c1-14-17-11-34(25(36)39-26(3)6-7-26)12-18(15(2)37-14)22(17)38-24-21(28)23(29-13-30-24)32-20-5-4-16(10-19(20)27)35-9-8-31-33-35/h4-5,8-10,13-15,17-18,22H,6-7,11-12H2,1-3H3,(H,29,30,32). The minimum atomic E-state index is -0.847. The molecule has 6 rings (SSSR count). The quantitative estimate of drug-likeness (QED) is 0.496. The second-order valence-corrected chi connectivity index (χ2v) is 10.7. The van der Waals surface area contributed by atoms with Crippen molar-refractivity contribution in [3.63, 3.8) is 0 Å². The van der Waals surface area contributed by atoms with Crippen molar-refractivity contribution in [3.8, 4) is 11.6 Å². The molecule has 2 saturated heterocycles. The number of amides is 1. The van der Waals surface area contributed by atoms with E-state index in [0.717, 1.165) is 19.2 Å². The van der Waals surface area contributed by atoms with E-state index >= 15 is 4.39 Å². The predicted octanol–water partition coefficient (Wildman–Crippen LogP) is 3.87. The predicted molar refractivity (Wildman–Crippen MR) is 134 cm³/mol. The molecule has 2 aliphatic heterocycles. The van der Waals surface area contributed by atoms with E-state index in [4.69, 9.17) is 14.2 Å². The summed E-state index contributed by atoms with van der Waals surface area (Å²) in [5.74, 6) is -2.42. The molecule has 2 aromatic heterocycles. The average molecular weight is 542 g/mol. The second-order valence-electron chi connectivity index (χ2n) is 10.7. The van der Waals surface area contributed by atoms with Crippen molar-refractivity contribution < 1.29 is 27.8 Å². The number of nitrogens with zero attached hydrogens (tertiary/aromatic N) is 6. The van der Waals surface area contributed by atoms with Crippen LogP contribution in [-0.2, 0) is 9.47 Å². The summed E-state index contributed by atoms with van der Waals surface area (Å²) in [4.78, 5) is 22.5. The van der Waals surface area contributed by atoms with Gasteiger partial charge in [-0.15, -0.1) is 5.10 Å². The molecule has 3 aliphatic rings. The van der Waals surface area contributed by atoms with Crippen molar-refractivity contribution in [1.29, 1.82) is 0 Å². The average Bonchev–Trinajstić information content (AvgIpc) is 3.37. The number of hydrogen-bond donors (Lipinski definition) is 1. The van der Waals surface area contributed by atoms with Gasteiger partial charge in [-0.05, 0) is 45.7 Å². The normalized spacial score (nSPS) is 27.1. The fourth-order valence-corrected chi connectivity index (χ4v) is 5.23. The first kappa shape index (κ1) is 25.4. The maximum absolute atomic E-state index is 15.5. The minimum Gasteiger partial charge on any atom is -0.471 e. The number of aromatic nitrogens is 5. The highest BCUT2D eigenvalue weighted by molar-refractivity contribution is 5.69. The molecule has 39 heavy (non-hydrogen) atoms.